The van der Waals surface area contributed by atoms with Gasteiger partial charge >= 0.3 is 0 Å². The Kier molecular flexibility index (Phi) is 7.22. The molecule has 0 radical (unpaired) electrons. The summed E-state index contributed by atoms with van der Waals surface area (Å²) in [5.41, 5.74) is 6.78. The summed E-state index contributed by atoms with van der Waals surface area (Å²) in [5.74, 6) is 0.0214. The van der Waals surface area contributed by atoms with Gasteiger partial charge in [0.25, 0.3) is 0 Å². The third-order valence-corrected chi connectivity index (χ3v) is 5.76. The molecule has 30 heavy (non-hydrogen) atoms. The highest BCUT2D eigenvalue weighted by molar-refractivity contribution is 9.10. The monoisotopic (exact) mass is 490 g/mol. The molecule has 1 heterocycles. The van der Waals surface area contributed by atoms with Crippen LogP contribution in [0, 0.1) is 5.82 Å². The van der Waals surface area contributed by atoms with Gasteiger partial charge in [-0.15, -0.1) is 11.8 Å². The molecule has 156 valence electrons. The van der Waals surface area contributed by atoms with E-state index in [1.807, 2.05) is 37.3 Å². The first kappa shape index (κ1) is 22.0. The van der Waals surface area contributed by atoms with Gasteiger partial charge in [0.05, 0.1) is 16.2 Å². The number of nitrogens with one attached hydrogen (secondary N) is 2. The van der Waals surface area contributed by atoms with Crippen LogP contribution in [0.15, 0.2) is 53.0 Å². The molecule has 0 spiro atoms. The van der Waals surface area contributed by atoms with E-state index >= 15 is 0 Å². The normalized spacial score (nSPS) is 12.8. The third-order valence-electron chi connectivity index (χ3n) is 4.03. The largest absolute Gasteiger partial charge is 0.368 e. The predicted octanol–water partition coefficient (Wildman–Crippen LogP) is 4.92. The lowest BCUT2D eigenvalue weighted by Gasteiger charge is -2.17. The number of nitrogen functional groups attached to an aromatic ring is 1. The van der Waals surface area contributed by atoms with Crippen LogP contribution in [-0.2, 0) is 4.79 Å². The summed E-state index contributed by atoms with van der Waals surface area (Å²) in [4.78, 5) is 25.2. The Morgan fingerprint density at radius 1 is 1.13 bits per heavy atom. The number of halogens is 2. The summed E-state index contributed by atoms with van der Waals surface area (Å²) in [6.07, 6.45) is 0. The highest BCUT2D eigenvalue weighted by atomic mass is 79.9. The molecule has 3 aromatic rings. The fourth-order valence-corrected chi connectivity index (χ4v) is 3.91. The van der Waals surface area contributed by atoms with E-state index in [4.69, 9.17) is 5.73 Å². The summed E-state index contributed by atoms with van der Waals surface area (Å²) >= 11 is 4.52. The molecule has 0 saturated heterocycles. The Bertz CT molecular complexity index is 1040. The number of para-hydroxylation sites is 1. The Morgan fingerprint density at radius 3 is 2.57 bits per heavy atom. The molecule has 2 atom stereocenters. The van der Waals surface area contributed by atoms with Crippen LogP contribution in [0.1, 0.15) is 24.9 Å². The Labute approximate surface area is 186 Å². The van der Waals surface area contributed by atoms with Crippen LogP contribution in [0.3, 0.4) is 0 Å². The molecule has 7 nitrogen and oxygen atoms in total. The highest BCUT2D eigenvalue weighted by Crippen LogP contribution is 2.31. The number of anilines is 4. The summed E-state index contributed by atoms with van der Waals surface area (Å²) in [6, 6.07) is 13.9. The Hall–Kier alpha value is -2.72. The number of rotatable bonds is 7. The number of hydrogen-bond donors (Lipinski definition) is 3. The molecule has 0 aliphatic heterocycles. The third kappa shape index (κ3) is 5.90. The van der Waals surface area contributed by atoms with Crippen molar-refractivity contribution in [2.24, 2.45) is 0 Å². The van der Waals surface area contributed by atoms with E-state index in [0.29, 0.717) is 16.2 Å². The molecule has 1 amide bonds. The molecule has 10 heteroatoms. The standard InChI is InChI=1S/C20H20BrFN6OS/c1-11(30-12(2)18(29)25-16-9-8-13(21)10-15(16)22)17-26-19(23)28-20(27-17)24-14-6-4-3-5-7-14/h3-12H,1-2H3,(H,25,29)(H3,23,24,26,27,28). The Morgan fingerprint density at radius 2 is 1.87 bits per heavy atom. The quantitative estimate of drug-likeness (QED) is 0.431. The second kappa shape index (κ2) is 9.86. The first-order valence-corrected chi connectivity index (χ1v) is 10.8. The van der Waals surface area contributed by atoms with Gasteiger partial charge in [-0.3, -0.25) is 4.79 Å². The lowest BCUT2D eigenvalue weighted by molar-refractivity contribution is -0.115. The van der Waals surface area contributed by atoms with Gasteiger partial charge in [-0.1, -0.05) is 34.1 Å². The lowest BCUT2D eigenvalue weighted by atomic mass is 10.3. The number of carbonyl (C=O) groups excluding carboxylic acids is 1. The van der Waals surface area contributed by atoms with Crippen LogP contribution in [0.4, 0.5) is 27.7 Å². The van der Waals surface area contributed by atoms with Crippen molar-refractivity contribution in [3.63, 3.8) is 0 Å². The molecule has 0 saturated carbocycles. The zero-order valence-electron chi connectivity index (χ0n) is 16.3. The topological polar surface area (TPSA) is 106 Å². The SMILES string of the molecule is CC(SC(C)c1nc(N)nc(Nc2ccccc2)n1)C(=O)Nc1ccc(Br)cc1F. The van der Waals surface area contributed by atoms with Gasteiger partial charge < -0.3 is 16.4 Å². The van der Waals surface area contributed by atoms with Crippen LogP contribution in [0.2, 0.25) is 0 Å². The van der Waals surface area contributed by atoms with E-state index in [0.717, 1.165) is 5.69 Å². The maximum Gasteiger partial charge on any atom is 0.237 e. The summed E-state index contributed by atoms with van der Waals surface area (Å²) in [5, 5.41) is 4.96. The minimum atomic E-state index is -0.509. The fraction of sp³-hybridized carbons (Fsp3) is 0.200. The molecule has 4 N–H and O–H groups in total. The molecule has 2 aromatic carbocycles. The summed E-state index contributed by atoms with van der Waals surface area (Å²) < 4.78 is 14.6. The second-order valence-corrected chi connectivity index (χ2v) is 9.00. The van der Waals surface area contributed by atoms with E-state index in [1.54, 1.807) is 13.0 Å². The second-order valence-electron chi connectivity index (χ2n) is 6.40. The van der Waals surface area contributed by atoms with Crippen molar-refractivity contribution in [3.8, 4) is 0 Å². The van der Waals surface area contributed by atoms with Crippen molar-refractivity contribution in [2.45, 2.75) is 24.3 Å². The van der Waals surface area contributed by atoms with E-state index in [1.165, 1.54) is 23.9 Å². The van der Waals surface area contributed by atoms with Crippen molar-refractivity contribution in [1.29, 1.82) is 0 Å². The van der Waals surface area contributed by atoms with Crippen LogP contribution >= 0.6 is 27.7 Å². The summed E-state index contributed by atoms with van der Waals surface area (Å²) in [7, 11) is 0. The maximum absolute atomic E-state index is 14.0. The molecule has 3 rings (SSSR count). The van der Waals surface area contributed by atoms with Crippen molar-refractivity contribution in [2.75, 3.05) is 16.4 Å². The zero-order valence-corrected chi connectivity index (χ0v) is 18.7. The van der Waals surface area contributed by atoms with E-state index in [9.17, 15) is 9.18 Å². The minimum Gasteiger partial charge on any atom is -0.368 e. The van der Waals surface area contributed by atoms with Gasteiger partial charge in [-0.2, -0.15) is 15.0 Å². The van der Waals surface area contributed by atoms with Crippen molar-refractivity contribution < 1.29 is 9.18 Å². The number of nitrogens with zero attached hydrogens (tertiary/aromatic N) is 3. The molecule has 0 aliphatic carbocycles. The van der Waals surface area contributed by atoms with Crippen LogP contribution in [0.25, 0.3) is 0 Å². The molecule has 1 aromatic heterocycles. The zero-order chi connectivity index (χ0) is 21.7. The number of carbonyl (C=O) groups is 1. The smallest absolute Gasteiger partial charge is 0.237 e. The average Bonchev–Trinajstić information content (AvgIpc) is 2.70. The molecular formula is C20H20BrFN6OS. The number of nitrogens with two attached hydrogens (primary N) is 1. The van der Waals surface area contributed by atoms with Gasteiger partial charge in [-0.05, 0) is 44.2 Å². The van der Waals surface area contributed by atoms with Crippen LogP contribution in [-0.4, -0.2) is 26.1 Å². The van der Waals surface area contributed by atoms with Gasteiger partial charge in [0.15, 0.2) is 0 Å². The minimum absolute atomic E-state index is 0.0833. The number of amides is 1. The van der Waals surface area contributed by atoms with Crippen molar-refractivity contribution in [1.82, 2.24) is 15.0 Å². The molecule has 0 fully saturated rings. The predicted molar refractivity (Wildman–Crippen MR) is 122 cm³/mol. The van der Waals surface area contributed by atoms with E-state index in [-0.39, 0.29) is 22.8 Å². The van der Waals surface area contributed by atoms with Crippen molar-refractivity contribution in [3.05, 3.63) is 64.6 Å². The van der Waals surface area contributed by atoms with E-state index < -0.39 is 11.1 Å². The average molecular weight is 491 g/mol. The number of benzene rings is 2. The highest BCUT2D eigenvalue weighted by Gasteiger charge is 2.21. The molecule has 2 unspecified atom stereocenters. The molecular weight excluding hydrogens is 471 g/mol. The lowest BCUT2D eigenvalue weighted by Crippen LogP contribution is -2.24. The first-order valence-electron chi connectivity index (χ1n) is 9.06. The van der Waals surface area contributed by atoms with Gasteiger partial charge in [-0.25, -0.2) is 4.39 Å². The Balaban J connectivity index is 1.67. The number of thioether (sulfide) groups is 1. The number of aromatic nitrogens is 3. The number of hydrogen-bond acceptors (Lipinski definition) is 7. The van der Waals surface area contributed by atoms with Gasteiger partial charge in [0.2, 0.25) is 17.8 Å². The van der Waals surface area contributed by atoms with Crippen LogP contribution in [0.5, 0.6) is 0 Å². The first-order chi connectivity index (χ1) is 14.3. The van der Waals surface area contributed by atoms with Gasteiger partial charge in [0, 0.05) is 10.2 Å². The van der Waals surface area contributed by atoms with Crippen LogP contribution < -0.4 is 16.4 Å². The molecule has 0 bridgehead atoms. The summed E-state index contributed by atoms with van der Waals surface area (Å²) in [6.45, 7) is 3.61. The maximum atomic E-state index is 14.0. The van der Waals surface area contributed by atoms with E-state index in [2.05, 4.69) is 41.5 Å². The fourth-order valence-electron chi connectivity index (χ4n) is 2.55. The van der Waals surface area contributed by atoms with Gasteiger partial charge in [0.1, 0.15) is 11.6 Å². The molecule has 0 aliphatic rings. The van der Waals surface area contributed by atoms with Crippen molar-refractivity contribution >= 4 is 56.9 Å².